The first-order chi connectivity index (χ1) is 6.11. The lowest BCUT2D eigenvalue weighted by molar-refractivity contribution is 0.0910. The van der Waals surface area contributed by atoms with Crippen molar-refractivity contribution < 1.29 is 9.21 Å². The van der Waals surface area contributed by atoms with E-state index in [1.54, 1.807) is 0 Å². The highest BCUT2D eigenvalue weighted by atomic mass is 16.3. The Bertz CT molecular complexity index is 303. The highest BCUT2D eigenvalue weighted by molar-refractivity contribution is 5.89. The minimum Gasteiger partial charge on any atom is -0.441 e. The second kappa shape index (κ2) is 3.89. The highest BCUT2D eigenvalue weighted by Gasteiger charge is 2.13. The summed E-state index contributed by atoms with van der Waals surface area (Å²) in [5.41, 5.74) is 0.889. The molecule has 0 bridgehead atoms. The van der Waals surface area contributed by atoms with Gasteiger partial charge in [0.2, 0.25) is 0 Å². The minimum absolute atomic E-state index is 0.0700. The van der Waals surface area contributed by atoms with Crippen LogP contribution >= 0.6 is 0 Å². The molecule has 0 spiro atoms. The Morgan fingerprint density at radius 1 is 1.77 bits per heavy atom. The van der Waals surface area contributed by atoms with Crippen molar-refractivity contribution in [3.05, 3.63) is 30.5 Å². The first kappa shape index (κ1) is 9.51. The number of rotatable bonds is 3. The molecule has 0 unspecified atom stereocenters. The normalized spacial score (nSPS) is 12.2. The van der Waals surface area contributed by atoms with E-state index in [0.717, 1.165) is 5.57 Å². The zero-order valence-electron chi connectivity index (χ0n) is 7.70. The molecular formula is C9H12N2O2. The van der Waals surface area contributed by atoms with Crippen LogP contribution in [0.15, 0.2) is 29.0 Å². The molecule has 13 heavy (non-hydrogen) atoms. The van der Waals surface area contributed by atoms with Crippen molar-refractivity contribution in [2.24, 2.45) is 0 Å². The summed E-state index contributed by atoms with van der Waals surface area (Å²) in [6.45, 7) is 7.42. The van der Waals surface area contributed by atoms with Gasteiger partial charge in [-0.25, -0.2) is 4.98 Å². The smallest absolute Gasteiger partial charge is 0.307 e. The third-order valence-electron chi connectivity index (χ3n) is 1.71. The van der Waals surface area contributed by atoms with E-state index in [4.69, 9.17) is 4.42 Å². The third kappa shape index (κ3) is 2.43. The van der Waals surface area contributed by atoms with E-state index < -0.39 is 0 Å². The molecule has 0 aliphatic carbocycles. The molecule has 0 saturated heterocycles. The number of amides is 1. The second-order valence-corrected chi connectivity index (χ2v) is 2.88. The van der Waals surface area contributed by atoms with Gasteiger partial charge >= 0.3 is 5.91 Å². The summed E-state index contributed by atoms with van der Waals surface area (Å²) >= 11 is 0. The molecule has 4 nitrogen and oxygen atoms in total. The molecule has 0 saturated carbocycles. The topological polar surface area (TPSA) is 55.1 Å². The molecular weight excluding hydrogens is 168 g/mol. The average Bonchev–Trinajstić information content (AvgIpc) is 2.55. The molecule has 1 rings (SSSR count). The summed E-state index contributed by atoms with van der Waals surface area (Å²) in [6.07, 6.45) is 2.79. The lowest BCUT2D eigenvalue weighted by Gasteiger charge is -2.11. The van der Waals surface area contributed by atoms with Crippen LogP contribution in [0.2, 0.25) is 0 Å². The first-order valence-corrected chi connectivity index (χ1v) is 3.97. The first-order valence-electron chi connectivity index (χ1n) is 3.97. The molecule has 1 aromatic heterocycles. The second-order valence-electron chi connectivity index (χ2n) is 2.88. The highest BCUT2D eigenvalue weighted by Crippen LogP contribution is 1.99. The predicted molar refractivity (Wildman–Crippen MR) is 48.2 cm³/mol. The zero-order chi connectivity index (χ0) is 9.84. The minimum atomic E-state index is -0.319. The Balaban J connectivity index is 2.56. The van der Waals surface area contributed by atoms with Crippen molar-refractivity contribution in [3.8, 4) is 0 Å². The van der Waals surface area contributed by atoms with Gasteiger partial charge in [-0.3, -0.25) is 4.79 Å². The summed E-state index contributed by atoms with van der Waals surface area (Å²) in [5.74, 6) is -0.242. The van der Waals surface area contributed by atoms with E-state index >= 15 is 0 Å². The fraction of sp³-hybridized carbons (Fsp3) is 0.333. The van der Waals surface area contributed by atoms with Gasteiger partial charge in [-0.1, -0.05) is 12.2 Å². The molecule has 1 N–H and O–H groups in total. The third-order valence-corrected chi connectivity index (χ3v) is 1.71. The van der Waals surface area contributed by atoms with E-state index in [2.05, 4.69) is 16.9 Å². The lowest BCUT2D eigenvalue weighted by atomic mass is 10.2. The van der Waals surface area contributed by atoms with Gasteiger partial charge in [0.25, 0.3) is 5.89 Å². The van der Waals surface area contributed by atoms with Crippen molar-refractivity contribution in [2.75, 3.05) is 0 Å². The van der Waals surface area contributed by atoms with E-state index in [-0.39, 0.29) is 17.8 Å². The van der Waals surface area contributed by atoms with Crippen molar-refractivity contribution in [1.29, 1.82) is 0 Å². The molecule has 0 aliphatic rings. The number of carbonyl (C=O) groups excluding carboxylic acids is 1. The van der Waals surface area contributed by atoms with Gasteiger partial charge in [-0.05, 0) is 13.8 Å². The SMILES string of the molecule is C=C(C)[C@@H](C)NC(=O)c1ncco1. The lowest BCUT2D eigenvalue weighted by Crippen LogP contribution is -2.33. The number of carbonyl (C=O) groups is 1. The molecule has 1 amide bonds. The van der Waals surface area contributed by atoms with Crippen molar-refractivity contribution in [1.82, 2.24) is 10.3 Å². The molecule has 1 aromatic rings. The zero-order valence-corrected chi connectivity index (χ0v) is 7.70. The maximum atomic E-state index is 11.3. The van der Waals surface area contributed by atoms with Gasteiger partial charge in [-0.2, -0.15) is 0 Å². The van der Waals surface area contributed by atoms with Crippen LogP contribution in [0.25, 0.3) is 0 Å². The van der Waals surface area contributed by atoms with Gasteiger partial charge in [0.15, 0.2) is 0 Å². The van der Waals surface area contributed by atoms with Gasteiger partial charge < -0.3 is 9.73 Å². The van der Waals surface area contributed by atoms with E-state index in [0.29, 0.717) is 0 Å². The monoisotopic (exact) mass is 180 g/mol. The summed E-state index contributed by atoms with van der Waals surface area (Å²) in [5, 5.41) is 2.69. The van der Waals surface area contributed by atoms with Crippen molar-refractivity contribution >= 4 is 5.91 Å². The van der Waals surface area contributed by atoms with Gasteiger partial charge in [0.05, 0.1) is 6.20 Å². The van der Waals surface area contributed by atoms with Crippen LogP contribution < -0.4 is 5.32 Å². The Morgan fingerprint density at radius 2 is 2.46 bits per heavy atom. The van der Waals surface area contributed by atoms with Crippen LogP contribution in [0, 0.1) is 0 Å². The number of hydrogen-bond acceptors (Lipinski definition) is 3. The quantitative estimate of drug-likeness (QED) is 0.715. The van der Waals surface area contributed by atoms with Gasteiger partial charge in [0.1, 0.15) is 6.26 Å². The van der Waals surface area contributed by atoms with Crippen LogP contribution in [-0.4, -0.2) is 16.9 Å². The molecule has 0 aliphatic heterocycles. The van der Waals surface area contributed by atoms with E-state index in [9.17, 15) is 4.79 Å². The maximum absolute atomic E-state index is 11.3. The Labute approximate surface area is 76.7 Å². The van der Waals surface area contributed by atoms with Crippen LogP contribution in [0.4, 0.5) is 0 Å². The molecule has 0 fully saturated rings. The van der Waals surface area contributed by atoms with Gasteiger partial charge in [-0.15, -0.1) is 0 Å². The number of oxazole rings is 1. The molecule has 70 valence electrons. The van der Waals surface area contributed by atoms with Crippen LogP contribution in [-0.2, 0) is 0 Å². The Morgan fingerprint density at radius 3 is 2.92 bits per heavy atom. The fourth-order valence-electron chi connectivity index (χ4n) is 0.717. The fourth-order valence-corrected chi connectivity index (χ4v) is 0.717. The van der Waals surface area contributed by atoms with Crippen LogP contribution in [0.1, 0.15) is 24.5 Å². The predicted octanol–water partition coefficient (Wildman–Crippen LogP) is 1.37. The number of hydrogen-bond donors (Lipinski definition) is 1. The summed E-state index contributed by atoms with van der Waals surface area (Å²) in [7, 11) is 0. The van der Waals surface area contributed by atoms with Gasteiger partial charge in [0, 0.05) is 6.04 Å². The number of nitrogens with zero attached hydrogens (tertiary/aromatic N) is 1. The average molecular weight is 180 g/mol. The number of aromatic nitrogens is 1. The van der Waals surface area contributed by atoms with E-state index in [1.165, 1.54) is 12.5 Å². The summed E-state index contributed by atoms with van der Waals surface area (Å²) in [4.78, 5) is 15.0. The molecule has 0 radical (unpaired) electrons. The Kier molecular flexibility index (Phi) is 2.84. The van der Waals surface area contributed by atoms with Crippen LogP contribution in [0.5, 0.6) is 0 Å². The summed E-state index contributed by atoms with van der Waals surface area (Å²) < 4.78 is 4.82. The maximum Gasteiger partial charge on any atom is 0.307 e. The van der Waals surface area contributed by atoms with Crippen molar-refractivity contribution in [3.63, 3.8) is 0 Å². The Hall–Kier alpha value is -1.58. The molecule has 1 heterocycles. The van der Waals surface area contributed by atoms with Crippen molar-refractivity contribution in [2.45, 2.75) is 19.9 Å². The number of nitrogens with one attached hydrogen (secondary N) is 1. The largest absolute Gasteiger partial charge is 0.441 e. The molecule has 4 heteroatoms. The summed E-state index contributed by atoms with van der Waals surface area (Å²) in [6, 6.07) is -0.0700. The van der Waals surface area contributed by atoms with Crippen LogP contribution in [0.3, 0.4) is 0 Å². The molecule has 1 atom stereocenters. The van der Waals surface area contributed by atoms with E-state index in [1.807, 2.05) is 13.8 Å². The molecule has 0 aromatic carbocycles. The standard InChI is InChI=1S/C9H12N2O2/c1-6(2)7(3)11-8(12)9-10-4-5-13-9/h4-5,7H,1H2,2-3H3,(H,11,12)/t7-/m1/s1.